The number of hydrogen-bond donors (Lipinski definition) is 1. The van der Waals surface area contributed by atoms with Crippen molar-refractivity contribution in [2.75, 3.05) is 20.7 Å². The average Bonchev–Trinajstić information content (AvgIpc) is 2.93. The number of nitrogens with zero attached hydrogens (tertiary/aromatic N) is 1. The second-order valence-electron chi connectivity index (χ2n) is 5.94. The number of benzene rings is 2. The second-order valence-corrected chi connectivity index (χ2v) is 5.94. The van der Waals surface area contributed by atoms with Gasteiger partial charge in [0.05, 0.1) is 13.2 Å². The van der Waals surface area contributed by atoms with Crippen LogP contribution in [0.5, 0.6) is 5.75 Å². The summed E-state index contributed by atoms with van der Waals surface area (Å²) in [6, 6.07) is 17.1. The topological polar surface area (TPSA) is 28.3 Å². The lowest BCUT2D eigenvalue weighted by atomic mass is 9.92. The molecular formula is C19H20N2O. The van der Waals surface area contributed by atoms with E-state index in [-0.39, 0.29) is 6.04 Å². The number of ether oxygens (including phenoxy) is 1. The number of likely N-dealkylation sites (N-methyl/N-ethyl adjacent to an activating group) is 1. The first-order valence-corrected chi connectivity index (χ1v) is 7.72. The van der Waals surface area contributed by atoms with Gasteiger partial charge in [-0.3, -0.25) is 4.90 Å². The lowest BCUT2D eigenvalue weighted by Gasteiger charge is -2.33. The van der Waals surface area contributed by atoms with Crippen LogP contribution in [0.25, 0.3) is 10.9 Å². The first kappa shape index (κ1) is 13.4. The third-order valence-corrected chi connectivity index (χ3v) is 4.71. The van der Waals surface area contributed by atoms with E-state index in [9.17, 15) is 0 Å². The summed E-state index contributed by atoms with van der Waals surface area (Å²) >= 11 is 0. The van der Waals surface area contributed by atoms with Crippen LogP contribution in [0.3, 0.4) is 0 Å². The monoisotopic (exact) mass is 292 g/mol. The first-order chi connectivity index (χ1) is 10.8. The van der Waals surface area contributed by atoms with E-state index < -0.39 is 0 Å². The van der Waals surface area contributed by atoms with E-state index >= 15 is 0 Å². The highest BCUT2D eigenvalue weighted by Crippen LogP contribution is 2.40. The maximum atomic E-state index is 5.60. The van der Waals surface area contributed by atoms with Crippen LogP contribution < -0.4 is 4.74 Å². The van der Waals surface area contributed by atoms with Gasteiger partial charge >= 0.3 is 0 Å². The maximum absolute atomic E-state index is 5.60. The molecule has 3 heteroatoms. The van der Waals surface area contributed by atoms with Gasteiger partial charge < -0.3 is 9.72 Å². The van der Waals surface area contributed by atoms with E-state index in [4.69, 9.17) is 4.74 Å². The minimum absolute atomic E-state index is 0.215. The molecule has 1 unspecified atom stereocenters. The van der Waals surface area contributed by atoms with Crippen LogP contribution in [-0.4, -0.2) is 30.6 Å². The van der Waals surface area contributed by atoms with Crippen LogP contribution in [0.15, 0.2) is 48.5 Å². The van der Waals surface area contributed by atoms with Crippen molar-refractivity contribution < 1.29 is 4.74 Å². The molecule has 22 heavy (non-hydrogen) atoms. The second kappa shape index (κ2) is 5.18. The van der Waals surface area contributed by atoms with Crippen molar-refractivity contribution in [1.29, 1.82) is 0 Å². The molecule has 0 spiro atoms. The predicted molar refractivity (Wildman–Crippen MR) is 89.5 cm³/mol. The number of rotatable bonds is 2. The first-order valence-electron chi connectivity index (χ1n) is 7.72. The van der Waals surface area contributed by atoms with Gasteiger partial charge in [-0.15, -0.1) is 0 Å². The van der Waals surface area contributed by atoms with Crippen molar-refractivity contribution in [3.8, 4) is 5.75 Å². The summed E-state index contributed by atoms with van der Waals surface area (Å²) in [4.78, 5) is 6.05. The van der Waals surface area contributed by atoms with Crippen molar-refractivity contribution in [3.05, 3.63) is 65.4 Å². The van der Waals surface area contributed by atoms with Gasteiger partial charge in [-0.2, -0.15) is 0 Å². The molecule has 0 bridgehead atoms. The molecule has 1 N–H and O–H groups in total. The molecular weight excluding hydrogens is 272 g/mol. The minimum atomic E-state index is 0.215. The Kier molecular flexibility index (Phi) is 3.16. The van der Waals surface area contributed by atoms with Crippen molar-refractivity contribution >= 4 is 10.9 Å². The fraction of sp³-hybridized carbons (Fsp3) is 0.263. The van der Waals surface area contributed by atoms with Crippen molar-refractivity contribution in [2.24, 2.45) is 0 Å². The van der Waals surface area contributed by atoms with Gasteiger partial charge in [-0.05, 0) is 31.2 Å². The summed E-state index contributed by atoms with van der Waals surface area (Å²) in [5.41, 5.74) is 5.20. The summed E-state index contributed by atoms with van der Waals surface area (Å²) in [6.07, 6.45) is 1.08. The Bertz CT molecular complexity index is 821. The smallest absolute Gasteiger partial charge is 0.124 e. The Hall–Kier alpha value is -2.26. The van der Waals surface area contributed by atoms with E-state index in [2.05, 4.69) is 53.3 Å². The number of para-hydroxylation sites is 2. The van der Waals surface area contributed by atoms with E-state index in [0.717, 1.165) is 18.7 Å². The highest BCUT2D eigenvalue weighted by Gasteiger charge is 2.30. The van der Waals surface area contributed by atoms with Crippen LogP contribution >= 0.6 is 0 Å². The Morgan fingerprint density at radius 2 is 1.86 bits per heavy atom. The molecule has 0 saturated heterocycles. The van der Waals surface area contributed by atoms with Crippen molar-refractivity contribution in [3.63, 3.8) is 0 Å². The van der Waals surface area contributed by atoms with E-state index in [1.807, 2.05) is 12.1 Å². The number of nitrogens with one attached hydrogen (secondary N) is 1. The van der Waals surface area contributed by atoms with Gasteiger partial charge in [0.15, 0.2) is 0 Å². The predicted octanol–water partition coefficient (Wildman–Crippen LogP) is 3.75. The van der Waals surface area contributed by atoms with Gasteiger partial charge in [0.25, 0.3) is 0 Å². The molecule has 1 aliphatic heterocycles. The summed E-state index contributed by atoms with van der Waals surface area (Å²) < 4.78 is 5.60. The van der Waals surface area contributed by atoms with Gasteiger partial charge in [0, 0.05) is 28.7 Å². The summed E-state index contributed by atoms with van der Waals surface area (Å²) in [5.74, 6) is 0.950. The quantitative estimate of drug-likeness (QED) is 0.779. The normalized spacial score (nSPS) is 18.4. The van der Waals surface area contributed by atoms with Crippen molar-refractivity contribution in [1.82, 2.24) is 9.88 Å². The number of hydrogen-bond acceptors (Lipinski definition) is 2. The van der Waals surface area contributed by atoms with Crippen LogP contribution in [-0.2, 0) is 6.42 Å². The average molecular weight is 292 g/mol. The van der Waals surface area contributed by atoms with Crippen LogP contribution in [0.4, 0.5) is 0 Å². The highest BCUT2D eigenvalue weighted by molar-refractivity contribution is 5.85. The largest absolute Gasteiger partial charge is 0.496 e. The molecule has 0 saturated carbocycles. The number of H-pyrrole nitrogens is 1. The molecule has 0 aliphatic carbocycles. The Morgan fingerprint density at radius 3 is 2.73 bits per heavy atom. The van der Waals surface area contributed by atoms with E-state index in [0.29, 0.717) is 0 Å². The molecule has 3 aromatic rings. The Balaban J connectivity index is 1.94. The van der Waals surface area contributed by atoms with E-state index in [1.54, 1.807) is 7.11 Å². The van der Waals surface area contributed by atoms with Crippen LogP contribution in [0.2, 0.25) is 0 Å². The fourth-order valence-corrected chi connectivity index (χ4v) is 3.65. The number of aromatic nitrogens is 1. The maximum Gasteiger partial charge on any atom is 0.124 e. The molecule has 0 radical (unpaired) electrons. The molecule has 2 aromatic carbocycles. The molecule has 1 atom stereocenters. The molecule has 0 fully saturated rings. The summed E-state index contributed by atoms with van der Waals surface area (Å²) in [5, 5.41) is 1.35. The van der Waals surface area contributed by atoms with Gasteiger partial charge in [-0.1, -0.05) is 36.4 Å². The third-order valence-electron chi connectivity index (χ3n) is 4.71. The summed E-state index contributed by atoms with van der Waals surface area (Å²) in [7, 11) is 3.93. The number of aromatic amines is 1. The van der Waals surface area contributed by atoms with Gasteiger partial charge in [-0.25, -0.2) is 0 Å². The Labute approximate surface area is 130 Å². The van der Waals surface area contributed by atoms with Crippen LogP contribution in [0.1, 0.15) is 22.9 Å². The van der Waals surface area contributed by atoms with Gasteiger partial charge in [0.1, 0.15) is 5.75 Å². The molecule has 3 nitrogen and oxygen atoms in total. The standard InChI is InChI=1S/C19H20N2O/c1-21-12-11-14-13-7-3-5-9-16(13)20-18(14)19(21)15-8-4-6-10-17(15)22-2/h3-10,19-20H,11-12H2,1-2H3. The third kappa shape index (κ3) is 1.93. The zero-order valence-electron chi connectivity index (χ0n) is 13.0. The van der Waals surface area contributed by atoms with Gasteiger partial charge in [0.2, 0.25) is 0 Å². The van der Waals surface area contributed by atoms with E-state index in [1.165, 1.54) is 27.7 Å². The molecule has 2 heterocycles. The highest BCUT2D eigenvalue weighted by atomic mass is 16.5. The molecule has 4 rings (SSSR count). The fourth-order valence-electron chi connectivity index (χ4n) is 3.65. The number of methoxy groups -OCH3 is 1. The Morgan fingerprint density at radius 1 is 1.09 bits per heavy atom. The lowest BCUT2D eigenvalue weighted by molar-refractivity contribution is 0.255. The SMILES string of the molecule is COc1ccccc1C1c2[nH]c3ccccc3c2CCN1C. The lowest BCUT2D eigenvalue weighted by Crippen LogP contribution is -2.33. The minimum Gasteiger partial charge on any atom is -0.496 e. The molecule has 1 aromatic heterocycles. The molecule has 1 aliphatic rings. The molecule has 0 amide bonds. The zero-order chi connectivity index (χ0) is 15.1. The van der Waals surface area contributed by atoms with Crippen LogP contribution in [0, 0.1) is 0 Å². The summed E-state index contributed by atoms with van der Waals surface area (Å²) in [6.45, 7) is 1.05. The zero-order valence-corrected chi connectivity index (χ0v) is 13.0. The van der Waals surface area contributed by atoms with Crippen molar-refractivity contribution in [2.45, 2.75) is 12.5 Å². The number of fused-ring (bicyclic) bond motifs is 3. The molecule has 112 valence electrons.